The van der Waals surface area contributed by atoms with Crippen molar-refractivity contribution in [1.82, 2.24) is 0 Å². The Kier molecular flexibility index (Phi) is 10.2. The molecule has 2 aromatic carbocycles. The van der Waals surface area contributed by atoms with E-state index in [1.54, 1.807) is 14.2 Å². The lowest BCUT2D eigenvalue weighted by molar-refractivity contribution is 0.0979. The summed E-state index contributed by atoms with van der Waals surface area (Å²) in [7, 11) is 3.35. The molecule has 0 aliphatic heterocycles. The standard InChI is InChI=1S/C25H34O3/c1-27-24-19-18-21(20-25(24)28-2)14-10-7-5-3-4-6-8-13-17-23(26)22-15-11-9-12-16-22/h9,11-12,15-16,18-20H,3-8,10,13-14,17H2,1-2H3. The number of methoxy groups -OCH3 is 2. The number of ketones is 1. The molecule has 28 heavy (non-hydrogen) atoms. The number of Topliss-reactive ketones (excluding diaryl/α,β-unsaturated/α-hetero) is 1. The first-order valence-electron chi connectivity index (χ1n) is 10.5. The fourth-order valence-electron chi connectivity index (χ4n) is 3.48. The van der Waals surface area contributed by atoms with E-state index in [2.05, 4.69) is 12.1 Å². The first-order chi connectivity index (χ1) is 13.7. The van der Waals surface area contributed by atoms with Gasteiger partial charge in [-0.3, -0.25) is 4.79 Å². The molecule has 0 fully saturated rings. The molecule has 2 aromatic rings. The highest BCUT2D eigenvalue weighted by Crippen LogP contribution is 2.28. The van der Waals surface area contributed by atoms with Gasteiger partial charge in [0.15, 0.2) is 17.3 Å². The molecule has 0 unspecified atom stereocenters. The van der Waals surface area contributed by atoms with Gasteiger partial charge in [-0.25, -0.2) is 0 Å². The van der Waals surface area contributed by atoms with Crippen molar-refractivity contribution in [3.63, 3.8) is 0 Å². The zero-order valence-electron chi connectivity index (χ0n) is 17.4. The molecule has 3 heteroatoms. The average molecular weight is 383 g/mol. The van der Waals surface area contributed by atoms with Crippen molar-refractivity contribution in [3.8, 4) is 11.5 Å². The quantitative estimate of drug-likeness (QED) is 0.271. The number of aryl methyl sites for hydroxylation is 1. The van der Waals surface area contributed by atoms with E-state index in [9.17, 15) is 4.79 Å². The monoisotopic (exact) mass is 382 g/mol. The number of hydrogen-bond acceptors (Lipinski definition) is 3. The van der Waals surface area contributed by atoms with Gasteiger partial charge < -0.3 is 9.47 Å². The number of ether oxygens (including phenoxy) is 2. The van der Waals surface area contributed by atoms with Crippen LogP contribution in [0.3, 0.4) is 0 Å². The fraction of sp³-hybridized carbons (Fsp3) is 0.480. The van der Waals surface area contributed by atoms with Crippen molar-refractivity contribution in [2.24, 2.45) is 0 Å². The molecule has 2 rings (SSSR count). The highest BCUT2D eigenvalue weighted by molar-refractivity contribution is 5.95. The van der Waals surface area contributed by atoms with E-state index >= 15 is 0 Å². The van der Waals surface area contributed by atoms with Crippen LogP contribution in [0.5, 0.6) is 11.5 Å². The second-order valence-electron chi connectivity index (χ2n) is 7.31. The minimum absolute atomic E-state index is 0.274. The van der Waals surface area contributed by atoms with Crippen LogP contribution in [-0.2, 0) is 6.42 Å². The van der Waals surface area contributed by atoms with Crippen molar-refractivity contribution in [1.29, 1.82) is 0 Å². The lowest BCUT2D eigenvalue weighted by Crippen LogP contribution is -1.98. The Labute approximate surface area is 170 Å². The summed E-state index contributed by atoms with van der Waals surface area (Å²) in [6, 6.07) is 15.8. The molecule has 0 saturated carbocycles. The summed E-state index contributed by atoms with van der Waals surface area (Å²) in [5, 5.41) is 0. The van der Waals surface area contributed by atoms with Crippen LogP contribution in [0.4, 0.5) is 0 Å². The summed E-state index contributed by atoms with van der Waals surface area (Å²) in [4.78, 5) is 12.0. The van der Waals surface area contributed by atoms with Gasteiger partial charge in [-0.15, -0.1) is 0 Å². The fourth-order valence-corrected chi connectivity index (χ4v) is 3.48. The molecule has 152 valence electrons. The molecule has 0 bridgehead atoms. The number of benzene rings is 2. The molecule has 0 amide bonds. The smallest absolute Gasteiger partial charge is 0.162 e. The average Bonchev–Trinajstić information content (AvgIpc) is 2.75. The van der Waals surface area contributed by atoms with E-state index in [1.807, 2.05) is 36.4 Å². The third-order valence-corrected chi connectivity index (χ3v) is 5.16. The van der Waals surface area contributed by atoms with E-state index in [4.69, 9.17) is 9.47 Å². The Morgan fingerprint density at radius 3 is 1.96 bits per heavy atom. The molecule has 3 nitrogen and oxygen atoms in total. The molecule has 0 heterocycles. The van der Waals surface area contributed by atoms with Gasteiger partial charge in [0.05, 0.1) is 14.2 Å². The van der Waals surface area contributed by atoms with Gasteiger partial charge in [0, 0.05) is 12.0 Å². The van der Waals surface area contributed by atoms with Crippen LogP contribution in [-0.4, -0.2) is 20.0 Å². The Morgan fingerprint density at radius 2 is 1.32 bits per heavy atom. The van der Waals surface area contributed by atoms with Crippen LogP contribution in [0, 0.1) is 0 Å². The summed E-state index contributed by atoms with van der Waals surface area (Å²) < 4.78 is 10.6. The lowest BCUT2D eigenvalue weighted by Gasteiger charge is -2.09. The maximum Gasteiger partial charge on any atom is 0.162 e. The predicted molar refractivity (Wildman–Crippen MR) is 116 cm³/mol. The highest BCUT2D eigenvalue weighted by atomic mass is 16.5. The highest BCUT2D eigenvalue weighted by Gasteiger charge is 2.05. The van der Waals surface area contributed by atoms with Crippen molar-refractivity contribution in [3.05, 3.63) is 59.7 Å². The molecule has 0 aromatic heterocycles. The minimum atomic E-state index is 0.274. The van der Waals surface area contributed by atoms with Crippen LogP contribution in [0.2, 0.25) is 0 Å². The molecule has 0 aliphatic rings. The van der Waals surface area contributed by atoms with Gasteiger partial charge in [-0.05, 0) is 37.0 Å². The van der Waals surface area contributed by atoms with Gasteiger partial charge in [-0.2, -0.15) is 0 Å². The molecule has 0 saturated heterocycles. The molecular formula is C25H34O3. The van der Waals surface area contributed by atoms with Gasteiger partial charge in [0.25, 0.3) is 0 Å². The number of carbonyl (C=O) groups excluding carboxylic acids is 1. The third kappa shape index (κ3) is 7.75. The number of carbonyl (C=O) groups is 1. The summed E-state index contributed by atoms with van der Waals surface area (Å²) in [5.41, 5.74) is 2.15. The first kappa shape index (κ1) is 22.0. The Bertz CT molecular complexity index is 694. The maximum absolute atomic E-state index is 12.0. The third-order valence-electron chi connectivity index (χ3n) is 5.16. The van der Waals surface area contributed by atoms with E-state index in [0.717, 1.165) is 36.3 Å². The van der Waals surface area contributed by atoms with Crippen LogP contribution >= 0.6 is 0 Å². The van der Waals surface area contributed by atoms with Crippen LogP contribution in [0.25, 0.3) is 0 Å². The summed E-state index contributed by atoms with van der Waals surface area (Å²) in [6.07, 6.45) is 11.5. The molecule has 0 atom stereocenters. The van der Waals surface area contributed by atoms with Crippen LogP contribution < -0.4 is 9.47 Å². The number of unbranched alkanes of at least 4 members (excludes halogenated alkanes) is 7. The summed E-state index contributed by atoms with van der Waals surface area (Å²) in [6.45, 7) is 0. The van der Waals surface area contributed by atoms with Crippen molar-refractivity contribution in [2.75, 3.05) is 14.2 Å². The molecule has 0 aliphatic carbocycles. The van der Waals surface area contributed by atoms with Crippen molar-refractivity contribution < 1.29 is 14.3 Å². The second-order valence-corrected chi connectivity index (χ2v) is 7.31. The minimum Gasteiger partial charge on any atom is -0.493 e. The zero-order chi connectivity index (χ0) is 20.0. The Balaban J connectivity index is 1.47. The van der Waals surface area contributed by atoms with E-state index in [1.165, 1.54) is 44.1 Å². The van der Waals surface area contributed by atoms with Gasteiger partial charge in [-0.1, -0.05) is 74.9 Å². The molecular weight excluding hydrogens is 348 g/mol. The number of rotatable bonds is 14. The zero-order valence-corrected chi connectivity index (χ0v) is 17.4. The number of hydrogen-bond donors (Lipinski definition) is 0. The Morgan fingerprint density at radius 1 is 0.714 bits per heavy atom. The van der Waals surface area contributed by atoms with E-state index in [0.29, 0.717) is 6.42 Å². The molecule has 0 radical (unpaired) electrons. The Hall–Kier alpha value is -2.29. The van der Waals surface area contributed by atoms with Gasteiger partial charge in [0.1, 0.15) is 0 Å². The molecule has 0 spiro atoms. The van der Waals surface area contributed by atoms with E-state index in [-0.39, 0.29) is 5.78 Å². The first-order valence-corrected chi connectivity index (χ1v) is 10.5. The van der Waals surface area contributed by atoms with Crippen LogP contribution in [0.15, 0.2) is 48.5 Å². The normalized spacial score (nSPS) is 10.6. The van der Waals surface area contributed by atoms with Crippen molar-refractivity contribution >= 4 is 5.78 Å². The summed E-state index contributed by atoms with van der Waals surface area (Å²) >= 11 is 0. The lowest BCUT2D eigenvalue weighted by atomic mass is 10.0. The van der Waals surface area contributed by atoms with Crippen LogP contribution in [0.1, 0.15) is 73.7 Å². The largest absolute Gasteiger partial charge is 0.493 e. The second kappa shape index (κ2) is 13.0. The predicted octanol–water partition coefficient (Wildman–Crippen LogP) is 6.64. The van der Waals surface area contributed by atoms with Gasteiger partial charge >= 0.3 is 0 Å². The maximum atomic E-state index is 12.0. The van der Waals surface area contributed by atoms with E-state index < -0.39 is 0 Å². The van der Waals surface area contributed by atoms with Gasteiger partial charge in [0.2, 0.25) is 0 Å². The molecule has 0 N–H and O–H groups in total. The van der Waals surface area contributed by atoms with Crippen molar-refractivity contribution in [2.45, 2.75) is 64.2 Å². The SMILES string of the molecule is COc1ccc(CCCCCCCCCCC(=O)c2ccccc2)cc1OC. The summed E-state index contributed by atoms with van der Waals surface area (Å²) in [5.74, 6) is 1.87. The topological polar surface area (TPSA) is 35.5 Å².